The standard InChI is InChI=1S/C64H125NO5/c1-3-5-7-9-11-13-15-17-19-21-23-25-28-32-36-40-44-48-52-56-62(67)61(60-66)65-63(68)57-53-49-45-41-37-33-29-27-31-35-39-43-47-51-55-59-70-64(69)58-54-50-46-42-38-34-30-26-24-22-20-18-16-14-12-10-8-6-4-2/h31,35,61-62,66-67H,3-30,32-34,36-60H2,1-2H3,(H,65,68)/b35-31-. The number of unbranched alkanes of at least 4 members (excludes halogenated alkanes) is 47. The van der Waals surface area contributed by atoms with Crippen molar-refractivity contribution in [3.05, 3.63) is 12.2 Å². The van der Waals surface area contributed by atoms with Gasteiger partial charge in [-0.2, -0.15) is 0 Å². The average molecular weight is 989 g/mol. The number of hydrogen-bond acceptors (Lipinski definition) is 5. The highest BCUT2D eigenvalue weighted by atomic mass is 16.5. The minimum absolute atomic E-state index is 0.00415. The number of rotatable bonds is 60. The number of aliphatic hydroxyl groups is 2. The zero-order valence-corrected chi connectivity index (χ0v) is 47.5. The molecule has 0 aliphatic carbocycles. The summed E-state index contributed by atoms with van der Waals surface area (Å²) >= 11 is 0. The molecule has 3 N–H and O–H groups in total. The summed E-state index contributed by atoms with van der Waals surface area (Å²) in [7, 11) is 0. The first kappa shape index (κ1) is 68.6. The summed E-state index contributed by atoms with van der Waals surface area (Å²) in [6.45, 7) is 4.96. The van der Waals surface area contributed by atoms with Crippen molar-refractivity contribution in [2.75, 3.05) is 13.2 Å². The van der Waals surface area contributed by atoms with Gasteiger partial charge in [0.05, 0.1) is 25.4 Å². The number of esters is 1. The van der Waals surface area contributed by atoms with Crippen molar-refractivity contribution >= 4 is 11.9 Å². The lowest BCUT2D eigenvalue weighted by molar-refractivity contribution is -0.143. The van der Waals surface area contributed by atoms with E-state index in [1.165, 1.54) is 257 Å². The summed E-state index contributed by atoms with van der Waals surface area (Å²) < 4.78 is 5.49. The van der Waals surface area contributed by atoms with Gasteiger partial charge in [-0.1, -0.05) is 309 Å². The fourth-order valence-corrected chi connectivity index (χ4v) is 10.2. The van der Waals surface area contributed by atoms with E-state index in [0.717, 1.165) is 70.6 Å². The lowest BCUT2D eigenvalue weighted by atomic mass is 10.0. The first-order chi connectivity index (χ1) is 34.5. The van der Waals surface area contributed by atoms with Gasteiger partial charge in [0.15, 0.2) is 0 Å². The Morgan fingerprint density at radius 2 is 0.671 bits per heavy atom. The quantitative estimate of drug-likeness (QED) is 0.0321. The second-order valence-electron chi connectivity index (χ2n) is 22.1. The highest BCUT2D eigenvalue weighted by Gasteiger charge is 2.20. The number of carbonyl (C=O) groups excluding carboxylic acids is 2. The van der Waals surface area contributed by atoms with E-state index in [0.29, 0.717) is 25.9 Å². The van der Waals surface area contributed by atoms with Crippen molar-refractivity contribution in [3.63, 3.8) is 0 Å². The number of amides is 1. The van der Waals surface area contributed by atoms with E-state index in [1.54, 1.807) is 0 Å². The van der Waals surface area contributed by atoms with E-state index in [4.69, 9.17) is 4.74 Å². The monoisotopic (exact) mass is 988 g/mol. The van der Waals surface area contributed by atoms with Gasteiger partial charge in [-0.15, -0.1) is 0 Å². The van der Waals surface area contributed by atoms with E-state index >= 15 is 0 Å². The third-order valence-corrected chi connectivity index (χ3v) is 15.1. The number of nitrogens with one attached hydrogen (secondary N) is 1. The van der Waals surface area contributed by atoms with Gasteiger partial charge in [-0.05, 0) is 51.4 Å². The zero-order chi connectivity index (χ0) is 50.7. The summed E-state index contributed by atoms with van der Waals surface area (Å²) in [5, 5.41) is 23.3. The van der Waals surface area contributed by atoms with E-state index in [-0.39, 0.29) is 18.5 Å². The molecule has 0 aromatic carbocycles. The first-order valence-electron chi connectivity index (χ1n) is 31.9. The molecule has 0 saturated carbocycles. The highest BCUT2D eigenvalue weighted by Crippen LogP contribution is 2.18. The fourth-order valence-electron chi connectivity index (χ4n) is 10.2. The number of hydrogen-bond donors (Lipinski definition) is 3. The average Bonchev–Trinajstić information content (AvgIpc) is 3.36. The number of ether oxygens (including phenoxy) is 1. The Morgan fingerprint density at radius 1 is 0.386 bits per heavy atom. The molecule has 2 atom stereocenters. The molecular formula is C64H125NO5. The molecule has 0 aromatic heterocycles. The topological polar surface area (TPSA) is 95.9 Å². The summed E-state index contributed by atoms with van der Waals surface area (Å²) in [6.07, 6.45) is 72.2. The van der Waals surface area contributed by atoms with Crippen molar-refractivity contribution in [1.82, 2.24) is 5.32 Å². The smallest absolute Gasteiger partial charge is 0.305 e. The Kier molecular flexibility index (Phi) is 59.0. The molecule has 70 heavy (non-hydrogen) atoms. The normalized spacial score (nSPS) is 12.6. The summed E-state index contributed by atoms with van der Waals surface area (Å²) in [5.41, 5.74) is 0. The lowest BCUT2D eigenvalue weighted by Gasteiger charge is -2.22. The molecule has 0 rings (SSSR count). The molecule has 0 fully saturated rings. The molecule has 0 radical (unpaired) electrons. The molecule has 0 saturated heterocycles. The van der Waals surface area contributed by atoms with Crippen LogP contribution in [0.3, 0.4) is 0 Å². The molecule has 0 spiro atoms. The Bertz CT molecular complexity index is 1050. The predicted octanol–water partition coefficient (Wildman–Crippen LogP) is 20.0. The van der Waals surface area contributed by atoms with Gasteiger partial charge in [0.25, 0.3) is 0 Å². The van der Waals surface area contributed by atoms with Gasteiger partial charge >= 0.3 is 5.97 Å². The van der Waals surface area contributed by atoms with Gasteiger partial charge in [-0.3, -0.25) is 9.59 Å². The molecule has 416 valence electrons. The number of carbonyl (C=O) groups is 2. The molecule has 6 nitrogen and oxygen atoms in total. The number of aliphatic hydroxyl groups excluding tert-OH is 2. The zero-order valence-electron chi connectivity index (χ0n) is 47.5. The Morgan fingerprint density at radius 3 is 1.01 bits per heavy atom. The molecule has 0 aliphatic rings. The third kappa shape index (κ3) is 55.9. The predicted molar refractivity (Wildman–Crippen MR) is 306 cm³/mol. The molecule has 6 heteroatoms. The van der Waals surface area contributed by atoms with Crippen LogP contribution >= 0.6 is 0 Å². The van der Waals surface area contributed by atoms with Crippen LogP contribution in [-0.2, 0) is 14.3 Å². The maximum atomic E-state index is 12.5. The highest BCUT2D eigenvalue weighted by molar-refractivity contribution is 5.76. The summed E-state index contributed by atoms with van der Waals surface area (Å²) in [4.78, 5) is 24.6. The molecular weight excluding hydrogens is 863 g/mol. The van der Waals surface area contributed by atoms with E-state index in [2.05, 4.69) is 31.3 Å². The second kappa shape index (κ2) is 60.2. The third-order valence-electron chi connectivity index (χ3n) is 15.1. The van der Waals surface area contributed by atoms with Crippen molar-refractivity contribution < 1.29 is 24.5 Å². The molecule has 2 unspecified atom stereocenters. The second-order valence-corrected chi connectivity index (χ2v) is 22.1. The van der Waals surface area contributed by atoms with Crippen molar-refractivity contribution in [1.29, 1.82) is 0 Å². The van der Waals surface area contributed by atoms with Gasteiger partial charge in [0.2, 0.25) is 5.91 Å². The molecule has 0 aliphatic heterocycles. The van der Waals surface area contributed by atoms with Gasteiger partial charge in [0, 0.05) is 12.8 Å². The molecule has 0 heterocycles. The van der Waals surface area contributed by atoms with Gasteiger partial charge < -0.3 is 20.3 Å². The SMILES string of the molecule is CCCCCCCCCCCCCCCCCCCCCC(=O)OCCCCCC/C=C\CCCCCCCCCC(=O)NC(CO)C(O)CCCCCCCCCCCCCCCCCCCCC. The van der Waals surface area contributed by atoms with Crippen molar-refractivity contribution in [2.24, 2.45) is 0 Å². The van der Waals surface area contributed by atoms with Crippen LogP contribution in [0.2, 0.25) is 0 Å². The van der Waals surface area contributed by atoms with Crippen LogP contribution in [0, 0.1) is 0 Å². The maximum absolute atomic E-state index is 12.5. The first-order valence-corrected chi connectivity index (χ1v) is 31.9. The van der Waals surface area contributed by atoms with Crippen molar-refractivity contribution in [3.8, 4) is 0 Å². The molecule has 0 aromatic rings. The Hall–Kier alpha value is -1.40. The van der Waals surface area contributed by atoms with E-state index in [9.17, 15) is 19.8 Å². The summed E-state index contributed by atoms with van der Waals surface area (Å²) in [6, 6.07) is -0.553. The van der Waals surface area contributed by atoms with Gasteiger partial charge in [0.1, 0.15) is 0 Å². The number of allylic oxidation sites excluding steroid dienone is 2. The minimum Gasteiger partial charge on any atom is -0.466 e. The van der Waals surface area contributed by atoms with E-state index < -0.39 is 12.1 Å². The Balaban J connectivity index is 3.43. The van der Waals surface area contributed by atoms with Crippen LogP contribution in [-0.4, -0.2) is 47.4 Å². The van der Waals surface area contributed by atoms with Crippen LogP contribution < -0.4 is 5.32 Å². The minimum atomic E-state index is -0.674. The van der Waals surface area contributed by atoms with Gasteiger partial charge in [-0.25, -0.2) is 0 Å². The van der Waals surface area contributed by atoms with E-state index in [1.807, 2.05) is 0 Å². The molecule has 0 bridgehead atoms. The van der Waals surface area contributed by atoms with Crippen LogP contribution in [0.5, 0.6) is 0 Å². The maximum Gasteiger partial charge on any atom is 0.305 e. The lowest BCUT2D eigenvalue weighted by Crippen LogP contribution is -2.45. The fraction of sp³-hybridized carbons (Fsp3) is 0.938. The summed E-state index contributed by atoms with van der Waals surface area (Å²) in [5.74, 6) is -0.0505. The van der Waals surface area contributed by atoms with Crippen LogP contribution in [0.1, 0.15) is 361 Å². The Labute approximate surface area is 438 Å². The van der Waals surface area contributed by atoms with Crippen molar-refractivity contribution in [2.45, 2.75) is 373 Å². The van der Waals surface area contributed by atoms with Crippen LogP contribution in [0.15, 0.2) is 12.2 Å². The van der Waals surface area contributed by atoms with Crippen LogP contribution in [0.25, 0.3) is 0 Å². The largest absolute Gasteiger partial charge is 0.466 e. The van der Waals surface area contributed by atoms with Crippen LogP contribution in [0.4, 0.5) is 0 Å². The molecule has 1 amide bonds.